The minimum absolute atomic E-state index is 0.0289. The van der Waals surface area contributed by atoms with Crippen LogP contribution in [0.3, 0.4) is 0 Å². The van der Waals surface area contributed by atoms with Crippen LogP contribution in [-0.2, 0) is 13.0 Å². The Morgan fingerprint density at radius 2 is 1.55 bits per heavy atom. The molecule has 224 valence electrons. The third-order valence-electron chi connectivity index (χ3n) is 7.00. The Morgan fingerprint density at radius 3 is 2.17 bits per heavy atom. The molecule has 3 rings (SSSR count). The first kappa shape index (κ1) is 32.4. The predicted molar refractivity (Wildman–Crippen MR) is 162 cm³/mol. The molecule has 0 saturated heterocycles. The van der Waals surface area contributed by atoms with Crippen LogP contribution in [0.5, 0.6) is 0 Å². The molecule has 3 aromatic rings. The highest BCUT2D eigenvalue weighted by molar-refractivity contribution is 6.04. The number of aliphatic hydroxyl groups excluding tert-OH is 1. The van der Waals surface area contributed by atoms with Crippen molar-refractivity contribution < 1.29 is 23.9 Å². The largest absolute Gasteiger partial charge is 0.390 e. The van der Waals surface area contributed by atoms with Gasteiger partial charge in [0.15, 0.2) is 0 Å². The minimum Gasteiger partial charge on any atom is -0.390 e. The number of hydrogen-bond donors (Lipinski definition) is 4. The summed E-state index contributed by atoms with van der Waals surface area (Å²) in [7, 11) is 0. The second-order valence-electron chi connectivity index (χ2n) is 10.5. The van der Waals surface area contributed by atoms with E-state index >= 15 is 0 Å². The van der Waals surface area contributed by atoms with Gasteiger partial charge in [0, 0.05) is 42.9 Å². The zero-order valence-electron chi connectivity index (χ0n) is 24.5. The fourth-order valence-electron chi connectivity index (χ4n) is 4.72. The number of primary amides is 1. The molecule has 3 aromatic carbocycles. The van der Waals surface area contributed by atoms with Crippen LogP contribution in [0, 0.1) is 12.7 Å². The normalized spacial score (nSPS) is 12.4. The summed E-state index contributed by atoms with van der Waals surface area (Å²) >= 11 is 0. The molecule has 42 heavy (non-hydrogen) atoms. The van der Waals surface area contributed by atoms with Crippen molar-refractivity contribution in [2.45, 2.75) is 58.7 Å². The van der Waals surface area contributed by atoms with Crippen LogP contribution < -0.4 is 16.4 Å². The van der Waals surface area contributed by atoms with Crippen molar-refractivity contribution in [3.8, 4) is 0 Å². The quantitative estimate of drug-likeness (QED) is 0.218. The number of carbonyl (C=O) groups excluding carboxylic acids is 3. The molecule has 0 aliphatic carbocycles. The highest BCUT2D eigenvalue weighted by Crippen LogP contribution is 2.16. The lowest BCUT2D eigenvalue weighted by Crippen LogP contribution is -2.48. The van der Waals surface area contributed by atoms with Crippen molar-refractivity contribution in [2.24, 2.45) is 5.73 Å². The Balaban J connectivity index is 1.87. The van der Waals surface area contributed by atoms with E-state index in [1.807, 2.05) is 44.2 Å². The molecule has 0 fully saturated rings. The summed E-state index contributed by atoms with van der Waals surface area (Å²) in [4.78, 5) is 40.6. The summed E-state index contributed by atoms with van der Waals surface area (Å²) < 4.78 is 14.3. The van der Waals surface area contributed by atoms with Crippen LogP contribution in [0.15, 0.2) is 66.7 Å². The average Bonchev–Trinajstić information content (AvgIpc) is 2.98. The second-order valence-corrected chi connectivity index (χ2v) is 10.5. The standard InChI is InChI=1S/C33H41FN4O4/c1-4-13-38(14-5-2)33(42)27-18-25(31(35)40)17-26(19-27)32(41)37-29(16-24-12-11-22(3)28(34)15-24)30(39)21-36-20-23-9-7-6-8-10-23/h6-12,15,17-19,29-30,36,39H,4-5,13-14,16,20-21H2,1-3H3,(H2,35,40)(H,37,41)/t29-,30+/m0/s1. The van der Waals surface area contributed by atoms with E-state index in [-0.39, 0.29) is 41.4 Å². The van der Waals surface area contributed by atoms with Gasteiger partial charge in [0.1, 0.15) is 5.82 Å². The Hall–Kier alpha value is -4.08. The van der Waals surface area contributed by atoms with E-state index in [0.717, 1.165) is 18.4 Å². The Labute approximate surface area is 247 Å². The van der Waals surface area contributed by atoms with Crippen molar-refractivity contribution in [3.05, 3.63) is 106 Å². The maximum absolute atomic E-state index is 14.3. The van der Waals surface area contributed by atoms with E-state index in [1.54, 1.807) is 24.0 Å². The fraction of sp³-hybridized carbons (Fsp3) is 0.364. The first-order valence-electron chi connectivity index (χ1n) is 14.4. The molecule has 5 N–H and O–H groups in total. The SMILES string of the molecule is CCCN(CCC)C(=O)c1cc(C(N)=O)cc(C(=O)N[C@@H](Cc2ccc(C)c(F)c2)[C@H](O)CNCc2ccccc2)c1. The van der Waals surface area contributed by atoms with Gasteiger partial charge in [0.05, 0.1) is 12.1 Å². The van der Waals surface area contributed by atoms with Gasteiger partial charge >= 0.3 is 0 Å². The monoisotopic (exact) mass is 576 g/mol. The van der Waals surface area contributed by atoms with Crippen LogP contribution in [0.1, 0.15) is 74.5 Å². The number of halogens is 1. The van der Waals surface area contributed by atoms with E-state index < -0.39 is 24.0 Å². The Morgan fingerprint density at radius 1 is 0.905 bits per heavy atom. The number of nitrogens with zero attached hydrogens (tertiary/aromatic N) is 1. The van der Waals surface area contributed by atoms with Gasteiger partial charge in [-0.05, 0) is 67.1 Å². The number of aryl methyl sites for hydroxylation is 1. The molecule has 0 bridgehead atoms. The highest BCUT2D eigenvalue weighted by atomic mass is 19.1. The number of rotatable bonds is 15. The fourth-order valence-corrected chi connectivity index (χ4v) is 4.72. The molecule has 2 atom stereocenters. The summed E-state index contributed by atoms with van der Waals surface area (Å²) in [6.45, 7) is 7.33. The minimum atomic E-state index is -1.04. The molecular formula is C33H41FN4O4. The molecule has 0 unspecified atom stereocenters. The summed E-state index contributed by atoms with van der Waals surface area (Å²) in [6, 6.07) is 17.8. The molecule has 9 heteroatoms. The van der Waals surface area contributed by atoms with Crippen molar-refractivity contribution in [2.75, 3.05) is 19.6 Å². The van der Waals surface area contributed by atoms with Gasteiger partial charge in [0.2, 0.25) is 5.91 Å². The summed E-state index contributed by atoms with van der Waals surface area (Å²) in [5, 5.41) is 17.2. The summed E-state index contributed by atoms with van der Waals surface area (Å²) in [5.41, 5.74) is 7.94. The molecule has 0 aliphatic rings. The van der Waals surface area contributed by atoms with Crippen molar-refractivity contribution in [1.82, 2.24) is 15.5 Å². The third-order valence-corrected chi connectivity index (χ3v) is 7.00. The number of hydrogen-bond acceptors (Lipinski definition) is 5. The van der Waals surface area contributed by atoms with Gasteiger partial charge in [-0.15, -0.1) is 0 Å². The van der Waals surface area contributed by atoms with Crippen LogP contribution >= 0.6 is 0 Å². The Kier molecular flexibility index (Phi) is 12.2. The number of benzene rings is 3. The zero-order valence-corrected chi connectivity index (χ0v) is 24.5. The number of nitrogens with two attached hydrogens (primary N) is 1. The number of amides is 3. The third kappa shape index (κ3) is 9.22. The molecule has 3 amide bonds. The van der Waals surface area contributed by atoms with Gasteiger partial charge in [-0.25, -0.2) is 4.39 Å². The van der Waals surface area contributed by atoms with E-state index in [9.17, 15) is 23.9 Å². The molecule has 8 nitrogen and oxygen atoms in total. The van der Waals surface area contributed by atoms with Gasteiger partial charge in [-0.3, -0.25) is 14.4 Å². The van der Waals surface area contributed by atoms with Gasteiger partial charge in [0.25, 0.3) is 11.8 Å². The zero-order chi connectivity index (χ0) is 30.6. The maximum Gasteiger partial charge on any atom is 0.253 e. The maximum atomic E-state index is 14.3. The van der Waals surface area contributed by atoms with Crippen LogP contribution in [0.4, 0.5) is 4.39 Å². The lowest BCUT2D eigenvalue weighted by atomic mass is 9.98. The van der Waals surface area contributed by atoms with E-state index in [0.29, 0.717) is 30.8 Å². The molecule has 0 saturated carbocycles. The second kappa shape index (κ2) is 15.8. The highest BCUT2D eigenvalue weighted by Gasteiger charge is 2.25. The lowest BCUT2D eigenvalue weighted by Gasteiger charge is -2.25. The summed E-state index contributed by atoms with van der Waals surface area (Å²) in [5.74, 6) is -2.04. The Bertz CT molecular complexity index is 1360. The topological polar surface area (TPSA) is 125 Å². The van der Waals surface area contributed by atoms with Gasteiger partial charge in [-0.1, -0.05) is 56.3 Å². The van der Waals surface area contributed by atoms with Gasteiger partial charge < -0.3 is 26.4 Å². The van der Waals surface area contributed by atoms with Crippen molar-refractivity contribution in [1.29, 1.82) is 0 Å². The van der Waals surface area contributed by atoms with E-state index in [4.69, 9.17) is 5.73 Å². The van der Waals surface area contributed by atoms with Gasteiger partial charge in [-0.2, -0.15) is 0 Å². The molecule has 0 aromatic heterocycles. The number of nitrogens with one attached hydrogen (secondary N) is 2. The molecule has 0 spiro atoms. The summed E-state index contributed by atoms with van der Waals surface area (Å²) in [6.07, 6.45) is 0.629. The van der Waals surface area contributed by atoms with Crippen LogP contribution in [-0.4, -0.2) is 59.5 Å². The van der Waals surface area contributed by atoms with E-state index in [1.165, 1.54) is 24.3 Å². The average molecular weight is 577 g/mol. The predicted octanol–water partition coefficient (Wildman–Crippen LogP) is 3.99. The number of aliphatic hydroxyl groups is 1. The van der Waals surface area contributed by atoms with Crippen molar-refractivity contribution in [3.63, 3.8) is 0 Å². The van der Waals surface area contributed by atoms with Crippen LogP contribution in [0.2, 0.25) is 0 Å². The smallest absolute Gasteiger partial charge is 0.253 e. The lowest BCUT2D eigenvalue weighted by molar-refractivity contribution is 0.0755. The molecule has 0 radical (unpaired) electrons. The van der Waals surface area contributed by atoms with E-state index in [2.05, 4.69) is 10.6 Å². The molecule has 0 aliphatic heterocycles. The first-order valence-corrected chi connectivity index (χ1v) is 14.4. The number of carbonyl (C=O) groups is 3. The van der Waals surface area contributed by atoms with Crippen molar-refractivity contribution >= 4 is 17.7 Å². The molecular weight excluding hydrogens is 535 g/mol. The first-order chi connectivity index (χ1) is 20.1. The molecule has 0 heterocycles. The van der Waals surface area contributed by atoms with Crippen LogP contribution in [0.25, 0.3) is 0 Å².